The molecule has 0 saturated heterocycles. The van der Waals surface area contributed by atoms with Gasteiger partial charge in [0.2, 0.25) is 0 Å². The van der Waals surface area contributed by atoms with Crippen LogP contribution < -0.4 is 0 Å². The van der Waals surface area contributed by atoms with E-state index in [0.29, 0.717) is 5.56 Å². The molecule has 0 amide bonds. The third kappa shape index (κ3) is 4.25. The van der Waals surface area contributed by atoms with Crippen molar-refractivity contribution in [2.75, 3.05) is 0 Å². The van der Waals surface area contributed by atoms with Gasteiger partial charge in [-0.3, -0.25) is 0 Å². The summed E-state index contributed by atoms with van der Waals surface area (Å²) in [7, 11) is 0. The second-order valence-electron chi connectivity index (χ2n) is 12.6. The number of benzene rings is 6. The predicted octanol–water partition coefficient (Wildman–Crippen LogP) is 11.1. The van der Waals surface area contributed by atoms with Gasteiger partial charge in [0.1, 0.15) is 0 Å². The predicted molar refractivity (Wildman–Crippen MR) is 189 cm³/mol. The highest BCUT2D eigenvalue weighted by Crippen LogP contribution is 2.38. The number of aromatic nitrogens is 2. The summed E-state index contributed by atoms with van der Waals surface area (Å²) >= 11 is 0. The Morgan fingerprint density at radius 3 is 1.71 bits per heavy atom. The molecule has 0 spiro atoms. The maximum atomic E-state index is 10.1. The Balaban J connectivity index is 1.32. The van der Waals surface area contributed by atoms with E-state index in [1.165, 1.54) is 38.1 Å². The highest BCUT2D eigenvalue weighted by Gasteiger charge is 2.21. The fourth-order valence-corrected chi connectivity index (χ4v) is 6.87. The molecule has 3 heteroatoms. The number of rotatable bonds is 5. The average Bonchev–Trinajstić information content (AvgIpc) is 3.61. The summed E-state index contributed by atoms with van der Waals surface area (Å²) in [6, 6.07) is 50.0. The lowest BCUT2D eigenvalue weighted by molar-refractivity contribution is 0.507. The van der Waals surface area contributed by atoms with Crippen LogP contribution in [-0.2, 0) is 5.41 Å². The molecule has 3 nitrogen and oxygen atoms in total. The molecule has 8 rings (SSSR count). The van der Waals surface area contributed by atoms with Gasteiger partial charge in [0.25, 0.3) is 0 Å². The van der Waals surface area contributed by atoms with Crippen molar-refractivity contribution in [1.29, 1.82) is 5.26 Å². The zero-order valence-corrected chi connectivity index (χ0v) is 25.8. The van der Waals surface area contributed by atoms with Crippen molar-refractivity contribution in [3.05, 3.63) is 145 Å². The second-order valence-corrected chi connectivity index (χ2v) is 12.6. The van der Waals surface area contributed by atoms with Crippen molar-refractivity contribution in [3.63, 3.8) is 0 Å². The molecule has 6 aromatic carbocycles. The molecule has 45 heavy (non-hydrogen) atoms. The SMILES string of the molecule is CCC(C)(C)c1ccc2c(c1)c1ccccc1n2-c1cccc(-c2cc(C#N)cc(-n3c4ccccc4c4ccccc43)c2)c1. The molecule has 2 heterocycles. The van der Waals surface area contributed by atoms with E-state index in [4.69, 9.17) is 0 Å². The van der Waals surface area contributed by atoms with E-state index in [1.54, 1.807) is 0 Å². The molecule has 0 saturated carbocycles. The number of hydrogen-bond acceptors (Lipinski definition) is 1. The Morgan fingerprint density at radius 1 is 0.533 bits per heavy atom. The Morgan fingerprint density at radius 2 is 1.09 bits per heavy atom. The van der Waals surface area contributed by atoms with E-state index in [0.717, 1.165) is 40.0 Å². The van der Waals surface area contributed by atoms with Crippen LogP contribution in [0.1, 0.15) is 38.3 Å². The third-order valence-corrected chi connectivity index (χ3v) is 9.66. The van der Waals surface area contributed by atoms with Crippen LogP contribution in [0.2, 0.25) is 0 Å². The first-order chi connectivity index (χ1) is 22.0. The van der Waals surface area contributed by atoms with Gasteiger partial charge < -0.3 is 9.13 Å². The molecule has 0 bridgehead atoms. The summed E-state index contributed by atoms with van der Waals surface area (Å²) in [4.78, 5) is 0. The number of hydrogen-bond donors (Lipinski definition) is 0. The van der Waals surface area contributed by atoms with Crippen LogP contribution in [0.5, 0.6) is 0 Å². The summed E-state index contributed by atoms with van der Waals surface area (Å²) in [5.74, 6) is 0. The van der Waals surface area contributed by atoms with Gasteiger partial charge in [0.05, 0.1) is 33.7 Å². The lowest BCUT2D eigenvalue weighted by atomic mass is 9.82. The van der Waals surface area contributed by atoms with Crippen LogP contribution in [0, 0.1) is 11.3 Å². The first-order valence-electron chi connectivity index (χ1n) is 15.6. The van der Waals surface area contributed by atoms with E-state index in [-0.39, 0.29) is 5.41 Å². The highest BCUT2D eigenvalue weighted by molar-refractivity contribution is 6.10. The van der Waals surface area contributed by atoms with Gasteiger partial charge in [0.15, 0.2) is 0 Å². The van der Waals surface area contributed by atoms with Crippen molar-refractivity contribution >= 4 is 43.6 Å². The van der Waals surface area contributed by atoms with Crippen molar-refractivity contribution in [3.8, 4) is 28.6 Å². The summed E-state index contributed by atoms with van der Waals surface area (Å²) in [5.41, 5.74) is 10.9. The van der Waals surface area contributed by atoms with Crippen LogP contribution >= 0.6 is 0 Å². The number of nitrogens with zero attached hydrogens (tertiary/aromatic N) is 3. The lowest BCUT2D eigenvalue weighted by Gasteiger charge is -2.23. The Kier molecular flexibility index (Phi) is 6.15. The number of para-hydroxylation sites is 3. The van der Waals surface area contributed by atoms with E-state index < -0.39 is 0 Å². The molecular weight excluding hydrogens is 546 g/mol. The third-order valence-electron chi connectivity index (χ3n) is 9.66. The molecule has 0 atom stereocenters. The maximum absolute atomic E-state index is 10.1. The van der Waals surface area contributed by atoms with E-state index >= 15 is 0 Å². The van der Waals surface area contributed by atoms with E-state index in [2.05, 4.69) is 157 Å². The van der Waals surface area contributed by atoms with Gasteiger partial charge in [-0.15, -0.1) is 0 Å². The normalized spacial score (nSPS) is 12.0. The van der Waals surface area contributed by atoms with Gasteiger partial charge in [-0.2, -0.15) is 5.26 Å². The van der Waals surface area contributed by atoms with Crippen molar-refractivity contribution in [2.45, 2.75) is 32.6 Å². The van der Waals surface area contributed by atoms with Crippen LogP contribution in [0.15, 0.2) is 133 Å². The van der Waals surface area contributed by atoms with E-state index in [9.17, 15) is 5.26 Å². The standard InChI is InChI=1S/C42H33N3/c1-4-42(2,3)31-20-21-41-37(26-31)36-16-7-10-19-40(36)44(41)32-13-11-12-29(24-32)30-22-28(27-43)23-33(25-30)45-38-17-8-5-14-34(38)35-15-6-9-18-39(35)45/h5-26H,4H2,1-3H3. The van der Waals surface area contributed by atoms with Crippen molar-refractivity contribution in [1.82, 2.24) is 9.13 Å². The number of fused-ring (bicyclic) bond motifs is 6. The largest absolute Gasteiger partial charge is 0.309 e. The minimum absolute atomic E-state index is 0.108. The average molecular weight is 580 g/mol. The summed E-state index contributed by atoms with van der Waals surface area (Å²) in [6.07, 6.45) is 1.08. The Hall–Kier alpha value is -5.59. The monoisotopic (exact) mass is 579 g/mol. The van der Waals surface area contributed by atoms with Gasteiger partial charge in [-0.05, 0) is 89.2 Å². The summed E-state index contributed by atoms with van der Waals surface area (Å²) in [6.45, 7) is 6.90. The number of nitriles is 1. The molecule has 0 aliphatic heterocycles. The van der Waals surface area contributed by atoms with Gasteiger partial charge >= 0.3 is 0 Å². The van der Waals surface area contributed by atoms with Crippen molar-refractivity contribution in [2.24, 2.45) is 0 Å². The Labute approximate surface area is 263 Å². The summed E-state index contributed by atoms with van der Waals surface area (Å²) in [5, 5.41) is 15.1. The second kappa shape index (κ2) is 10.3. The molecule has 216 valence electrons. The van der Waals surface area contributed by atoms with Gasteiger partial charge in [-0.1, -0.05) is 93.6 Å². The summed E-state index contributed by atoms with van der Waals surface area (Å²) < 4.78 is 4.65. The van der Waals surface area contributed by atoms with E-state index in [1.807, 2.05) is 12.1 Å². The van der Waals surface area contributed by atoms with Gasteiger partial charge in [-0.25, -0.2) is 0 Å². The minimum atomic E-state index is 0.108. The fraction of sp³-hybridized carbons (Fsp3) is 0.119. The zero-order chi connectivity index (χ0) is 30.7. The highest BCUT2D eigenvalue weighted by atomic mass is 15.0. The van der Waals surface area contributed by atoms with Crippen LogP contribution in [0.3, 0.4) is 0 Å². The fourth-order valence-electron chi connectivity index (χ4n) is 6.87. The van der Waals surface area contributed by atoms with Crippen LogP contribution in [-0.4, -0.2) is 9.13 Å². The molecule has 0 unspecified atom stereocenters. The maximum Gasteiger partial charge on any atom is 0.0992 e. The molecule has 2 aromatic heterocycles. The zero-order valence-electron chi connectivity index (χ0n) is 25.8. The molecule has 0 fully saturated rings. The van der Waals surface area contributed by atoms with Crippen molar-refractivity contribution < 1.29 is 0 Å². The minimum Gasteiger partial charge on any atom is -0.309 e. The van der Waals surface area contributed by atoms with Crippen LogP contribution in [0.25, 0.3) is 66.1 Å². The first-order valence-corrected chi connectivity index (χ1v) is 15.6. The molecule has 0 aliphatic carbocycles. The van der Waals surface area contributed by atoms with Crippen LogP contribution in [0.4, 0.5) is 0 Å². The molecule has 0 radical (unpaired) electrons. The van der Waals surface area contributed by atoms with Gasteiger partial charge in [0, 0.05) is 32.9 Å². The Bertz CT molecular complexity index is 2410. The first kappa shape index (κ1) is 27.0. The molecule has 0 N–H and O–H groups in total. The lowest BCUT2D eigenvalue weighted by Crippen LogP contribution is -2.15. The quantitative estimate of drug-likeness (QED) is 0.200. The molecule has 8 aromatic rings. The molecular formula is C42H33N3. The molecule has 0 aliphatic rings. The smallest absolute Gasteiger partial charge is 0.0992 e. The topological polar surface area (TPSA) is 33.6 Å².